The predicted molar refractivity (Wildman–Crippen MR) is 102 cm³/mol. The number of para-hydroxylation sites is 1. The number of nitrogens with one attached hydrogen (secondary N) is 1. The first kappa shape index (κ1) is 16.3. The van der Waals surface area contributed by atoms with Gasteiger partial charge in [0.1, 0.15) is 0 Å². The van der Waals surface area contributed by atoms with Gasteiger partial charge in [0.2, 0.25) is 0 Å². The van der Waals surface area contributed by atoms with Crippen LogP contribution in [0, 0.1) is 0 Å². The van der Waals surface area contributed by atoms with Crippen LogP contribution in [-0.2, 0) is 0 Å². The predicted octanol–water partition coefficient (Wildman–Crippen LogP) is 4.35. The Morgan fingerprint density at radius 1 is 1.10 bits per heavy atom. The third-order valence-corrected chi connectivity index (χ3v) is 3.93. The van der Waals surface area contributed by atoms with Crippen molar-refractivity contribution in [2.24, 2.45) is 10.7 Å². The monoisotopic (exact) mass is 457 g/mol. The molecule has 0 heterocycles. The average Bonchev–Trinajstić information content (AvgIpc) is 3.19. The van der Waals surface area contributed by atoms with E-state index in [2.05, 4.69) is 50.5 Å². The number of hydrogen-bond donors (Lipinski definition) is 2. The highest BCUT2D eigenvalue weighted by Gasteiger charge is 2.38. The number of benzene rings is 2. The van der Waals surface area contributed by atoms with Gasteiger partial charge in [-0.05, 0) is 36.2 Å². The van der Waals surface area contributed by atoms with Gasteiger partial charge >= 0.3 is 0 Å². The van der Waals surface area contributed by atoms with Gasteiger partial charge in [0.15, 0.2) is 5.96 Å². The molecule has 21 heavy (non-hydrogen) atoms. The summed E-state index contributed by atoms with van der Waals surface area (Å²) in [5.41, 5.74) is 8.24. The van der Waals surface area contributed by atoms with Crippen molar-refractivity contribution in [2.75, 3.05) is 5.32 Å². The molecule has 2 aromatic rings. The van der Waals surface area contributed by atoms with Crippen LogP contribution >= 0.6 is 39.9 Å². The lowest BCUT2D eigenvalue weighted by Gasteiger charge is -2.05. The molecule has 2 aromatic carbocycles. The lowest BCUT2D eigenvalue weighted by Crippen LogP contribution is -2.23. The van der Waals surface area contributed by atoms with Crippen molar-refractivity contribution in [1.29, 1.82) is 0 Å². The minimum atomic E-state index is 0. The fourth-order valence-electron chi connectivity index (χ4n) is 2.27. The van der Waals surface area contributed by atoms with Gasteiger partial charge in [-0.3, -0.25) is 0 Å². The summed E-state index contributed by atoms with van der Waals surface area (Å²) in [6.07, 6.45) is 1.07. The molecule has 1 saturated carbocycles. The first-order valence-electron chi connectivity index (χ1n) is 6.63. The van der Waals surface area contributed by atoms with Gasteiger partial charge in [-0.15, -0.1) is 24.0 Å². The highest BCUT2D eigenvalue weighted by molar-refractivity contribution is 14.0. The maximum absolute atomic E-state index is 5.94. The van der Waals surface area contributed by atoms with E-state index >= 15 is 0 Å². The van der Waals surface area contributed by atoms with Crippen molar-refractivity contribution in [3.63, 3.8) is 0 Å². The molecule has 1 aliphatic rings. The Kier molecular flexibility index (Phi) is 5.64. The van der Waals surface area contributed by atoms with E-state index in [-0.39, 0.29) is 24.0 Å². The first-order chi connectivity index (χ1) is 9.72. The fourth-order valence-corrected chi connectivity index (χ4v) is 2.54. The molecule has 0 aliphatic heterocycles. The van der Waals surface area contributed by atoms with Gasteiger partial charge in [-0.25, -0.2) is 4.99 Å². The van der Waals surface area contributed by atoms with Gasteiger partial charge in [-0.2, -0.15) is 0 Å². The number of guanidine groups is 1. The molecule has 0 spiro atoms. The third kappa shape index (κ3) is 4.44. The Bertz CT molecular complexity index is 613. The summed E-state index contributed by atoms with van der Waals surface area (Å²) in [7, 11) is 0. The molecule has 0 radical (unpaired) electrons. The van der Waals surface area contributed by atoms with Gasteiger partial charge < -0.3 is 11.1 Å². The molecule has 3 N–H and O–H groups in total. The zero-order chi connectivity index (χ0) is 13.9. The highest BCUT2D eigenvalue weighted by atomic mass is 127. The van der Waals surface area contributed by atoms with Crippen LogP contribution in [0.3, 0.4) is 0 Å². The van der Waals surface area contributed by atoms with Crippen LogP contribution in [0.4, 0.5) is 5.69 Å². The van der Waals surface area contributed by atoms with E-state index in [1.807, 2.05) is 30.3 Å². The minimum Gasteiger partial charge on any atom is -0.370 e. The Hall–Kier alpha value is -1.08. The molecule has 0 aromatic heterocycles. The van der Waals surface area contributed by atoms with Crippen LogP contribution in [0.25, 0.3) is 0 Å². The molecule has 0 bridgehead atoms. The van der Waals surface area contributed by atoms with E-state index in [4.69, 9.17) is 5.73 Å². The maximum Gasteiger partial charge on any atom is 0.193 e. The number of hydrogen-bond acceptors (Lipinski definition) is 1. The number of nitrogens with zero attached hydrogens (tertiary/aromatic N) is 1. The second-order valence-corrected chi connectivity index (χ2v) is 5.88. The largest absolute Gasteiger partial charge is 0.370 e. The molecule has 5 heteroatoms. The van der Waals surface area contributed by atoms with Crippen LogP contribution < -0.4 is 11.1 Å². The van der Waals surface area contributed by atoms with Gasteiger partial charge in [0.05, 0.1) is 6.04 Å². The summed E-state index contributed by atoms with van der Waals surface area (Å²) in [6, 6.07) is 18.6. The van der Waals surface area contributed by atoms with Crippen LogP contribution in [0.2, 0.25) is 0 Å². The SMILES string of the molecule is I.NC(=NC1CC1c1ccc(Br)cc1)Nc1ccccc1. The number of rotatable bonds is 3. The molecule has 1 aliphatic carbocycles. The second-order valence-electron chi connectivity index (χ2n) is 4.97. The molecule has 2 unspecified atom stereocenters. The van der Waals surface area contributed by atoms with Gasteiger partial charge in [0, 0.05) is 16.1 Å². The summed E-state index contributed by atoms with van der Waals surface area (Å²) in [5, 5.41) is 3.11. The molecule has 0 saturated heterocycles. The van der Waals surface area contributed by atoms with Crippen molar-refractivity contribution < 1.29 is 0 Å². The quantitative estimate of drug-likeness (QED) is 0.409. The Morgan fingerprint density at radius 2 is 1.76 bits per heavy atom. The minimum absolute atomic E-state index is 0. The summed E-state index contributed by atoms with van der Waals surface area (Å²) in [6.45, 7) is 0. The highest BCUT2D eigenvalue weighted by Crippen LogP contribution is 2.43. The average molecular weight is 458 g/mol. The summed E-state index contributed by atoms with van der Waals surface area (Å²) < 4.78 is 1.10. The smallest absolute Gasteiger partial charge is 0.193 e. The number of halogens is 2. The fraction of sp³-hybridized carbons (Fsp3) is 0.188. The van der Waals surface area contributed by atoms with Crippen LogP contribution in [0.1, 0.15) is 17.9 Å². The zero-order valence-electron chi connectivity index (χ0n) is 11.4. The number of anilines is 1. The first-order valence-corrected chi connectivity index (χ1v) is 7.42. The Labute approximate surface area is 150 Å². The second kappa shape index (κ2) is 7.26. The van der Waals surface area contributed by atoms with E-state index in [9.17, 15) is 0 Å². The molecule has 3 nitrogen and oxygen atoms in total. The van der Waals surface area contributed by atoms with Gasteiger partial charge in [-0.1, -0.05) is 46.3 Å². The summed E-state index contributed by atoms with van der Waals surface area (Å²) in [5.74, 6) is 0.986. The van der Waals surface area contributed by atoms with Crippen LogP contribution in [-0.4, -0.2) is 12.0 Å². The standard InChI is InChI=1S/C16H16BrN3.HI/c17-12-8-6-11(7-9-12)14-10-15(14)20-16(18)19-13-4-2-1-3-5-13;/h1-9,14-15H,10H2,(H3,18,19,20);1H. The maximum atomic E-state index is 5.94. The normalized spacial score (nSPS) is 20.5. The Morgan fingerprint density at radius 3 is 2.43 bits per heavy atom. The zero-order valence-corrected chi connectivity index (χ0v) is 15.3. The van der Waals surface area contributed by atoms with Crippen molar-refractivity contribution in [1.82, 2.24) is 0 Å². The van der Waals surface area contributed by atoms with E-state index < -0.39 is 0 Å². The number of nitrogens with two attached hydrogens (primary N) is 1. The van der Waals surface area contributed by atoms with Crippen molar-refractivity contribution in [3.8, 4) is 0 Å². The molecular weight excluding hydrogens is 441 g/mol. The topological polar surface area (TPSA) is 50.4 Å². The Balaban J connectivity index is 0.00000161. The molecule has 2 atom stereocenters. The van der Waals surface area contributed by atoms with E-state index in [0.717, 1.165) is 16.6 Å². The lowest BCUT2D eigenvalue weighted by atomic mass is 10.1. The van der Waals surface area contributed by atoms with E-state index in [1.165, 1.54) is 5.56 Å². The summed E-state index contributed by atoms with van der Waals surface area (Å²) >= 11 is 3.45. The van der Waals surface area contributed by atoms with E-state index in [1.54, 1.807) is 0 Å². The third-order valence-electron chi connectivity index (χ3n) is 3.41. The van der Waals surface area contributed by atoms with Crippen LogP contribution in [0.5, 0.6) is 0 Å². The molecule has 110 valence electrons. The van der Waals surface area contributed by atoms with Crippen molar-refractivity contribution >= 4 is 51.6 Å². The summed E-state index contributed by atoms with van der Waals surface area (Å²) in [4.78, 5) is 4.54. The molecule has 3 rings (SSSR count). The lowest BCUT2D eigenvalue weighted by molar-refractivity contribution is 0.984. The van der Waals surface area contributed by atoms with Crippen LogP contribution in [0.15, 0.2) is 64.1 Å². The molecular formula is C16H17BrIN3. The number of aliphatic imine (C=N–C) groups is 1. The molecule has 0 amide bonds. The van der Waals surface area contributed by atoms with Gasteiger partial charge in [0.25, 0.3) is 0 Å². The van der Waals surface area contributed by atoms with Crippen molar-refractivity contribution in [2.45, 2.75) is 18.4 Å². The van der Waals surface area contributed by atoms with Crippen molar-refractivity contribution in [3.05, 3.63) is 64.6 Å². The van der Waals surface area contributed by atoms with E-state index in [0.29, 0.717) is 17.9 Å². The molecule has 1 fully saturated rings.